The third-order valence-corrected chi connectivity index (χ3v) is 2.20. The lowest BCUT2D eigenvalue weighted by Gasteiger charge is -2.05. The Kier molecular flexibility index (Phi) is 4.12. The third kappa shape index (κ3) is 2.62. The molecule has 3 nitrogen and oxygen atoms in total. The van der Waals surface area contributed by atoms with Crippen LogP contribution in [0.25, 0.3) is 5.57 Å². The largest absolute Gasteiger partial charge is 0.494 e. The van der Waals surface area contributed by atoms with E-state index < -0.39 is 0 Å². The highest BCUT2D eigenvalue weighted by atomic mass is 16.5. The first-order valence-corrected chi connectivity index (χ1v) is 4.97. The minimum atomic E-state index is 0.143. The Hall–Kier alpha value is -2.26. The van der Waals surface area contributed by atoms with Gasteiger partial charge in [0.1, 0.15) is 23.5 Å². The first-order valence-electron chi connectivity index (χ1n) is 4.97. The quantitative estimate of drug-likeness (QED) is 0.724. The van der Waals surface area contributed by atoms with E-state index in [-0.39, 0.29) is 5.57 Å². The van der Waals surface area contributed by atoms with Gasteiger partial charge in [0.2, 0.25) is 0 Å². The van der Waals surface area contributed by atoms with E-state index in [2.05, 4.69) is 0 Å². The molecule has 0 spiro atoms. The summed E-state index contributed by atoms with van der Waals surface area (Å²) in [4.78, 5) is 0. The molecule has 0 aliphatic heterocycles. The zero-order chi connectivity index (χ0) is 12.0. The van der Waals surface area contributed by atoms with Gasteiger partial charge in [0.25, 0.3) is 0 Å². The molecule has 0 bridgehead atoms. The number of hydrogen-bond acceptors (Lipinski definition) is 3. The van der Waals surface area contributed by atoms with Crippen molar-refractivity contribution in [2.45, 2.75) is 13.8 Å². The van der Waals surface area contributed by atoms with E-state index in [4.69, 9.17) is 15.3 Å². The number of hydrogen-bond donors (Lipinski definition) is 0. The van der Waals surface area contributed by atoms with Crippen molar-refractivity contribution < 1.29 is 4.74 Å². The van der Waals surface area contributed by atoms with E-state index in [9.17, 15) is 0 Å². The standard InChI is InChI=1S/C13H12N2O/c1-3-16-13-6-4-11(5-7-13)10(2)12(8-14)9-15/h4-7H,3H2,1-2H3. The number of nitriles is 2. The Morgan fingerprint density at radius 2 is 1.75 bits per heavy atom. The second-order valence-corrected chi connectivity index (χ2v) is 3.18. The summed E-state index contributed by atoms with van der Waals surface area (Å²) in [6.07, 6.45) is 0. The zero-order valence-corrected chi connectivity index (χ0v) is 9.32. The van der Waals surface area contributed by atoms with Gasteiger partial charge < -0.3 is 4.74 Å². The van der Waals surface area contributed by atoms with Gasteiger partial charge in [-0.15, -0.1) is 0 Å². The van der Waals surface area contributed by atoms with E-state index in [0.29, 0.717) is 12.2 Å². The molecule has 0 aliphatic carbocycles. The number of nitrogens with zero attached hydrogens (tertiary/aromatic N) is 2. The van der Waals surface area contributed by atoms with Crippen molar-refractivity contribution in [1.29, 1.82) is 10.5 Å². The third-order valence-electron chi connectivity index (χ3n) is 2.20. The molecule has 16 heavy (non-hydrogen) atoms. The van der Waals surface area contributed by atoms with Gasteiger partial charge in [-0.2, -0.15) is 10.5 Å². The van der Waals surface area contributed by atoms with Gasteiger partial charge in [0, 0.05) is 0 Å². The fourth-order valence-electron chi connectivity index (χ4n) is 1.30. The van der Waals surface area contributed by atoms with Crippen molar-refractivity contribution in [2.24, 2.45) is 0 Å². The average Bonchev–Trinajstić information content (AvgIpc) is 2.32. The highest BCUT2D eigenvalue weighted by Gasteiger charge is 2.03. The van der Waals surface area contributed by atoms with Gasteiger partial charge in [-0.25, -0.2) is 0 Å². The molecule has 0 aromatic heterocycles. The Labute approximate surface area is 95.2 Å². The van der Waals surface area contributed by atoms with Crippen LogP contribution < -0.4 is 4.74 Å². The first kappa shape index (κ1) is 11.8. The fraction of sp³-hybridized carbons (Fsp3) is 0.231. The summed E-state index contributed by atoms with van der Waals surface area (Å²) in [6.45, 7) is 4.30. The molecular weight excluding hydrogens is 200 g/mol. The maximum absolute atomic E-state index is 8.74. The van der Waals surface area contributed by atoms with Gasteiger partial charge in [-0.3, -0.25) is 0 Å². The van der Waals surface area contributed by atoms with Crippen LogP contribution in [0.4, 0.5) is 0 Å². The van der Waals surface area contributed by atoms with Gasteiger partial charge in [-0.1, -0.05) is 12.1 Å². The van der Waals surface area contributed by atoms with Crippen molar-refractivity contribution in [3.63, 3.8) is 0 Å². The zero-order valence-electron chi connectivity index (χ0n) is 9.32. The predicted octanol–water partition coefficient (Wildman–Crippen LogP) is 2.91. The van der Waals surface area contributed by atoms with E-state index >= 15 is 0 Å². The number of benzene rings is 1. The van der Waals surface area contributed by atoms with Gasteiger partial charge in [-0.05, 0) is 37.1 Å². The van der Waals surface area contributed by atoms with E-state index in [0.717, 1.165) is 11.3 Å². The Morgan fingerprint density at radius 1 is 1.19 bits per heavy atom. The van der Waals surface area contributed by atoms with E-state index in [1.165, 1.54) is 0 Å². The normalized spacial score (nSPS) is 8.75. The fourth-order valence-corrected chi connectivity index (χ4v) is 1.30. The number of rotatable bonds is 3. The lowest BCUT2D eigenvalue weighted by atomic mass is 10.0. The molecule has 0 aliphatic rings. The molecule has 1 rings (SSSR count). The topological polar surface area (TPSA) is 56.8 Å². The van der Waals surface area contributed by atoms with E-state index in [1.54, 1.807) is 6.92 Å². The maximum atomic E-state index is 8.74. The maximum Gasteiger partial charge on any atom is 0.133 e. The van der Waals surface area contributed by atoms with Crippen LogP contribution in [0.3, 0.4) is 0 Å². The molecule has 0 N–H and O–H groups in total. The summed E-state index contributed by atoms with van der Waals surface area (Å²) in [5.41, 5.74) is 1.69. The second-order valence-electron chi connectivity index (χ2n) is 3.18. The van der Waals surface area contributed by atoms with Crippen molar-refractivity contribution in [2.75, 3.05) is 6.61 Å². The SMILES string of the molecule is CCOc1ccc(C(C)=C(C#N)C#N)cc1. The molecule has 0 unspecified atom stereocenters. The van der Waals surface area contributed by atoms with Crippen LogP contribution in [-0.2, 0) is 0 Å². The minimum absolute atomic E-state index is 0.143. The summed E-state index contributed by atoms with van der Waals surface area (Å²) < 4.78 is 5.31. The van der Waals surface area contributed by atoms with Crippen LogP contribution in [0.5, 0.6) is 5.75 Å². The highest BCUT2D eigenvalue weighted by molar-refractivity contribution is 5.73. The smallest absolute Gasteiger partial charge is 0.133 e. The first-order chi connectivity index (χ1) is 7.72. The molecule has 0 radical (unpaired) electrons. The molecule has 0 atom stereocenters. The Balaban J connectivity index is 3.04. The van der Waals surface area contributed by atoms with Crippen LogP contribution in [0.2, 0.25) is 0 Å². The lowest BCUT2D eigenvalue weighted by molar-refractivity contribution is 0.340. The summed E-state index contributed by atoms with van der Waals surface area (Å²) in [6, 6.07) is 11.1. The number of allylic oxidation sites excluding steroid dienone is 2. The molecule has 0 fully saturated rings. The van der Waals surface area contributed by atoms with Gasteiger partial charge in [0.05, 0.1) is 6.61 Å². The van der Waals surface area contributed by atoms with Crippen LogP contribution in [0.15, 0.2) is 29.8 Å². The Morgan fingerprint density at radius 3 is 2.19 bits per heavy atom. The molecule has 80 valence electrons. The van der Waals surface area contributed by atoms with Crippen molar-refractivity contribution >= 4 is 5.57 Å². The van der Waals surface area contributed by atoms with Gasteiger partial charge >= 0.3 is 0 Å². The van der Waals surface area contributed by atoms with Crippen molar-refractivity contribution in [3.05, 3.63) is 35.4 Å². The van der Waals surface area contributed by atoms with Crippen LogP contribution in [0, 0.1) is 22.7 Å². The molecule has 0 heterocycles. The lowest BCUT2D eigenvalue weighted by Crippen LogP contribution is -1.91. The predicted molar refractivity (Wildman–Crippen MR) is 61.4 cm³/mol. The molecule has 0 saturated heterocycles. The molecule has 1 aromatic rings. The highest BCUT2D eigenvalue weighted by Crippen LogP contribution is 2.20. The molecule has 0 amide bonds. The second kappa shape index (κ2) is 5.58. The summed E-state index contributed by atoms with van der Waals surface area (Å²) in [7, 11) is 0. The van der Waals surface area contributed by atoms with Crippen molar-refractivity contribution in [3.8, 4) is 17.9 Å². The molecular formula is C13H12N2O. The van der Waals surface area contributed by atoms with Crippen LogP contribution >= 0.6 is 0 Å². The molecule has 0 saturated carbocycles. The number of ether oxygens (including phenoxy) is 1. The minimum Gasteiger partial charge on any atom is -0.494 e. The Bertz CT molecular complexity index is 456. The van der Waals surface area contributed by atoms with Crippen molar-refractivity contribution in [1.82, 2.24) is 0 Å². The van der Waals surface area contributed by atoms with Crippen LogP contribution in [-0.4, -0.2) is 6.61 Å². The summed E-state index contributed by atoms with van der Waals surface area (Å²) in [5, 5.41) is 17.5. The van der Waals surface area contributed by atoms with Crippen LogP contribution in [0.1, 0.15) is 19.4 Å². The average molecular weight is 212 g/mol. The summed E-state index contributed by atoms with van der Waals surface area (Å²) in [5.74, 6) is 0.787. The molecule has 3 heteroatoms. The summed E-state index contributed by atoms with van der Waals surface area (Å²) >= 11 is 0. The molecule has 1 aromatic carbocycles. The monoisotopic (exact) mass is 212 g/mol. The van der Waals surface area contributed by atoms with Gasteiger partial charge in [0.15, 0.2) is 0 Å². The van der Waals surface area contributed by atoms with E-state index in [1.807, 2.05) is 43.3 Å².